The van der Waals surface area contributed by atoms with Crippen molar-refractivity contribution < 1.29 is 14.7 Å². The molecule has 2 aromatic rings. The van der Waals surface area contributed by atoms with Crippen LogP contribution in [0.5, 0.6) is 0 Å². The number of hydrogen-bond donors (Lipinski definition) is 3. The molecule has 19 heavy (non-hydrogen) atoms. The Hall–Kier alpha value is -2.37. The van der Waals surface area contributed by atoms with Crippen molar-refractivity contribution in [3.8, 4) is 0 Å². The van der Waals surface area contributed by atoms with Crippen LogP contribution in [0.3, 0.4) is 0 Å². The number of aliphatic carboxylic acids is 1. The predicted octanol–water partition coefficient (Wildman–Crippen LogP) is 1.55. The molecule has 0 aliphatic rings. The van der Waals surface area contributed by atoms with Crippen LogP contribution in [0.2, 0.25) is 0 Å². The third-order valence-electron chi connectivity index (χ3n) is 2.73. The summed E-state index contributed by atoms with van der Waals surface area (Å²) < 4.78 is 0. The summed E-state index contributed by atoms with van der Waals surface area (Å²) >= 11 is 0. The van der Waals surface area contributed by atoms with E-state index >= 15 is 0 Å². The Kier molecular flexibility index (Phi) is 3.25. The number of carbonyl (C=O) groups excluding carboxylic acids is 1. The average Bonchev–Trinajstić information content (AvgIpc) is 2.72. The molecule has 0 saturated heterocycles. The lowest BCUT2D eigenvalue weighted by Gasteiger charge is -2.24. The highest BCUT2D eigenvalue weighted by atomic mass is 16.4. The van der Waals surface area contributed by atoms with E-state index in [1.165, 1.54) is 0 Å². The van der Waals surface area contributed by atoms with Gasteiger partial charge in [-0.1, -0.05) is 0 Å². The average molecular weight is 261 g/mol. The normalized spacial score (nSPS) is 11.5. The maximum absolute atomic E-state index is 12.1. The summed E-state index contributed by atoms with van der Waals surface area (Å²) in [6, 6.07) is 5.09. The van der Waals surface area contributed by atoms with E-state index < -0.39 is 11.5 Å². The Morgan fingerprint density at radius 3 is 2.84 bits per heavy atom. The van der Waals surface area contributed by atoms with Gasteiger partial charge in [0.15, 0.2) is 0 Å². The number of aromatic amines is 1. The molecule has 2 rings (SSSR count). The lowest BCUT2D eigenvalue weighted by atomic mass is 10.00. The minimum absolute atomic E-state index is 0.134. The van der Waals surface area contributed by atoms with Gasteiger partial charge in [-0.05, 0) is 32.0 Å². The highest BCUT2D eigenvalue weighted by molar-refractivity contribution is 5.97. The molecule has 1 aromatic heterocycles. The van der Waals surface area contributed by atoms with Crippen molar-refractivity contribution in [1.82, 2.24) is 15.3 Å². The zero-order valence-corrected chi connectivity index (χ0v) is 10.7. The third-order valence-corrected chi connectivity index (χ3v) is 2.73. The van der Waals surface area contributed by atoms with Crippen molar-refractivity contribution in [2.45, 2.75) is 25.8 Å². The number of rotatable bonds is 4. The van der Waals surface area contributed by atoms with Crippen molar-refractivity contribution >= 4 is 22.9 Å². The first-order chi connectivity index (χ1) is 8.87. The molecule has 1 amide bonds. The van der Waals surface area contributed by atoms with Crippen molar-refractivity contribution in [3.05, 3.63) is 30.1 Å². The summed E-state index contributed by atoms with van der Waals surface area (Å²) in [5.74, 6) is -1.25. The number of carboxylic acid groups (broad SMARTS) is 1. The summed E-state index contributed by atoms with van der Waals surface area (Å²) in [5, 5.41) is 11.5. The van der Waals surface area contributed by atoms with E-state index in [1.54, 1.807) is 38.4 Å². The molecular weight excluding hydrogens is 246 g/mol. The molecule has 0 aliphatic heterocycles. The van der Waals surface area contributed by atoms with Gasteiger partial charge in [-0.2, -0.15) is 0 Å². The van der Waals surface area contributed by atoms with E-state index in [1.807, 2.05) is 0 Å². The monoisotopic (exact) mass is 261 g/mol. The predicted molar refractivity (Wildman–Crippen MR) is 69.9 cm³/mol. The Bertz CT molecular complexity index is 631. The lowest BCUT2D eigenvalue weighted by molar-refractivity contribution is -0.138. The highest BCUT2D eigenvalue weighted by Gasteiger charge is 2.24. The smallest absolute Gasteiger partial charge is 0.305 e. The fourth-order valence-corrected chi connectivity index (χ4v) is 1.88. The minimum atomic E-state index is -0.950. The number of aromatic nitrogens is 2. The molecule has 0 aliphatic carbocycles. The number of carbonyl (C=O) groups is 2. The second-order valence-electron chi connectivity index (χ2n) is 5.04. The van der Waals surface area contributed by atoms with E-state index in [4.69, 9.17) is 5.11 Å². The largest absolute Gasteiger partial charge is 0.481 e. The fraction of sp³-hybridized carbons (Fsp3) is 0.308. The zero-order valence-electron chi connectivity index (χ0n) is 10.7. The summed E-state index contributed by atoms with van der Waals surface area (Å²) in [7, 11) is 0. The van der Waals surface area contributed by atoms with E-state index in [0.29, 0.717) is 5.56 Å². The van der Waals surface area contributed by atoms with Crippen LogP contribution in [-0.4, -0.2) is 32.5 Å². The second kappa shape index (κ2) is 4.72. The topological polar surface area (TPSA) is 95.1 Å². The summed E-state index contributed by atoms with van der Waals surface area (Å²) in [6.07, 6.45) is 1.42. The second-order valence-corrected chi connectivity index (χ2v) is 5.04. The Morgan fingerprint density at radius 2 is 2.16 bits per heavy atom. The molecule has 3 N–H and O–H groups in total. The lowest BCUT2D eigenvalue weighted by Crippen LogP contribution is -2.44. The summed E-state index contributed by atoms with van der Waals surface area (Å²) in [6.45, 7) is 3.35. The van der Waals surface area contributed by atoms with Gasteiger partial charge < -0.3 is 15.4 Å². The molecule has 0 saturated carbocycles. The van der Waals surface area contributed by atoms with Crippen LogP contribution in [0, 0.1) is 0 Å². The molecule has 6 heteroatoms. The molecule has 0 fully saturated rings. The highest BCUT2D eigenvalue weighted by Crippen LogP contribution is 2.14. The van der Waals surface area contributed by atoms with Gasteiger partial charge in [0.25, 0.3) is 5.91 Å². The van der Waals surface area contributed by atoms with Crippen LogP contribution in [0.25, 0.3) is 11.0 Å². The molecule has 0 atom stereocenters. The number of nitrogens with one attached hydrogen (secondary N) is 2. The van der Waals surface area contributed by atoms with Gasteiger partial charge >= 0.3 is 5.97 Å². The maximum Gasteiger partial charge on any atom is 0.305 e. The van der Waals surface area contributed by atoms with Crippen LogP contribution < -0.4 is 5.32 Å². The van der Waals surface area contributed by atoms with Gasteiger partial charge in [0, 0.05) is 11.1 Å². The van der Waals surface area contributed by atoms with Crippen LogP contribution in [0.1, 0.15) is 30.6 Å². The van der Waals surface area contributed by atoms with Crippen molar-refractivity contribution in [2.24, 2.45) is 0 Å². The Morgan fingerprint density at radius 1 is 1.42 bits per heavy atom. The Balaban J connectivity index is 2.17. The quantitative estimate of drug-likeness (QED) is 0.778. The van der Waals surface area contributed by atoms with E-state index in [2.05, 4.69) is 15.3 Å². The number of fused-ring (bicyclic) bond motifs is 1. The van der Waals surface area contributed by atoms with Gasteiger partial charge in [0.2, 0.25) is 0 Å². The first-order valence-electron chi connectivity index (χ1n) is 5.85. The molecule has 100 valence electrons. The van der Waals surface area contributed by atoms with Gasteiger partial charge in [-0.25, -0.2) is 4.98 Å². The van der Waals surface area contributed by atoms with Crippen LogP contribution in [0.15, 0.2) is 24.5 Å². The molecule has 1 aromatic carbocycles. The van der Waals surface area contributed by atoms with E-state index in [0.717, 1.165) is 11.0 Å². The molecular formula is C13H15N3O3. The van der Waals surface area contributed by atoms with E-state index in [9.17, 15) is 9.59 Å². The molecule has 0 radical (unpaired) electrons. The molecule has 0 spiro atoms. The SMILES string of the molecule is CC(C)(CC(=O)O)NC(=O)c1ccc2nc[nH]c2c1. The number of H-pyrrole nitrogens is 1. The fourth-order valence-electron chi connectivity index (χ4n) is 1.88. The molecule has 0 bridgehead atoms. The first-order valence-corrected chi connectivity index (χ1v) is 5.85. The first kappa shape index (κ1) is 13.1. The number of carboxylic acids is 1. The van der Waals surface area contributed by atoms with E-state index in [-0.39, 0.29) is 12.3 Å². The number of amides is 1. The summed E-state index contributed by atoms with van der Waals surface area (Å²) in [5.41, 5.74) is 1.21. The number of nitrogens with zero attached hydrogens (tertiary/aromatic N) is 1. The standard InChI is InChI=1S/C13H15N3O3/c1-13(2,6-11(17)18)16-12(19)8-3-4-9-10(5-8)15-7-14-9/h3-5,7H,6H2,1-2H3,(H,14,15)(H,16,19)(H,17,18). The maximum atomic E-state index is 12.1. The van der Waals surface area contributed by atoms with Gasteiger partial charge in [-0.15, -0.1) is 0 Å². The minimum Gasteiger partial charge on any atom is -0.481 e. The van der Waals surface area contributed by atoms with Crippen LogP contribution in [-0.2, 0) is 4.79 Å². The van der Waals surface area contributed by atoms with Crippen molar-refractivity contribution in [2.75, 3.05) is 0 Å². The van der Waals surface area contributed by atoms with Crippen molar-refractivity contribution in [1.29, 1.82) is 0 Å². The third kappa shape index (κ3) is 3.09. The zero-order chi connectivity index (χ0) is 14.0. The Labute approximate surface area is 109 Å². The molecule has 0 unspecified atom stereocenters. The van der Waals surface area contributed by atoms with Gasteiger partial charge in [0.05, 0.1) is 23.8 Å². The molecule has 6 nitrogen and oxygen atoms in total. The summed E-state index contributed by atoms with van der Waals surface area (Å²) in [4.78, 5) is 29.8. The number of imidazole rings is 1. The van der Waals surface area contributed by atoms with Gasteiger partial charge in [-0.3, -0.25) is 9.59 Å². The number of hydrogen-bond acceptors (Lipinski definition) is 3. The van der Waals surface area contributed by atoms with Crippen LogP contribution >= 0.6 is 0 Å². The molecule has 1 heterocycles. The number of benzene rings is 1. The van der Waals surface area contributed by atoms with Crippen molar-refractivity contribution in [3.63, 3.8) is 0 Å². The van der Waals surface area contributed by atoms with Crippen LogP contribution in [0.4, 0.5) is 0 Å². The van der Waals surface area contributed by atoms with Gasteiger partial charge in [0.1, 0.15) is 0 Å².